The third kappa shape index (κ3) is 6.49. The first-order valence-electron chi connectivity index (χ1n) is 15.2. The summed E-state index contributed by atoms with van der Waals surface area (Å²) >= 11 is 0. The number of piperidine rings is 1. The Kier molecular flexibility index (Phi) is 8.32. The van der Waals surface area contributed by atoms with Crippen LogP contribution in [0.25, 0.3) is 5.69 Å². The molecule has 0 radical (unpaired) electrons. The van der Waals surface area contributed by atoms with Gasteiger partial charge in [0.05, 0.1) is 12.1 Å². The number of nitrogens with one attached hydrogen (secondary N) is 1. The first kappa shape index (κ1) is 26.8. The zero-order valence-electron chi connectivity index (χ0n) is 23.5. The van der Waals surface area contributed by atoms with Gasteiger partial charge in [-0.3, -0.25) is 4.79 Å². The molecule has 0 amide bonds. The molecule has 0 saturated carbocycles. The van der Waals surface area contributed by atoms with Crippen LogP contribution in [-0.4, -0.2) is 70.0 Å². The van der Waals surface area contributed by atoms with Gasteiger partial charge in [0.25, 0.3) is 0 Å². The number of aliphatic carboxylic acids is 1. The van der Waals surface area contributed by atoms with Gasteiger partial charge < -0.3 is 20.2 Å². The van der Waals surface area contributed by atoms with Crippen LogP contribution in [0.4, 0.5) is 11.5 Å². The second-order valence-corrected chi connectivity index (χ2v) is 11.9. The van der Waals surface area contributed by atoms with Crippen molar-refractivity contribution < 1.29 is 9.90 Å². The van der Waals surface area contributed by atoms with E-state index in [-0.39, 0.29) is 12.3 Å². The maximum Gasteiger partial charge on any atom is 0.304 e. The van der Waals surface area contributed by atoms with Gasteiger partial charge in [0, 0.05) is 62.4 Å². The van der Waals surface area contributed by atoms with Gasteiger partial charge >= 0.3 is 5.97 Å². The van der Waals surface area contributed by atoms with E-state index in [1.165, 1.54) is 42.6 Å². The van der Waals surface area contributed by atoms with Crippen molar-refractivity contribution >= 4 is 17.5 Å². The molecule has 3 aromatic rings. The summed E-state index contributed by atoms with van der Waals surface area (Å²) in [6.45, 7) is 5.94. The first-order valence-corrected chi connectivity index (χ1v) is 15.2. The van der Waals surface area contributed by atoms with Crippen LogP contribution in [0.2, 0.25) is 0 Å². The van der Waals surface area contributed by atoms with Gasteiger partial charge in [-0.15, -0.1) is 0 Å². The van der Waals surface area contributed by atoms with Crippen molar-refractivity contribution in [2.24, 2.45) is 5.92 Å². The molecule has 2 atom stereocenters. The predicted octanol–water partition coefficient (Wildman–Crippen LogP) is 5.13. The quantitative estimate of drug-likeness (QED) is 0.367. The Bertz CT molecular complexity index is 1290. The molecular formula is C32H42N6O2. The average molecular weight is 543 g/mol. The Balaban J connectivity index is 1.14. The maximum atomic E-state index is 12.0. The number of aromatic nitrogens is 3. The fraction of sp³-hybridized carbons (Fsp3) is 0.531. The molecule has 8 nitrogen and oxygen atoms in total. The molecule has 5 heterocycles. The number of rotatable bonds is 10. The molecule has 2 saturated heterocycles. The molecule has 1 aromatic carbocycles. The molecule has 2 aromatic heterocycles. The standard InChI is InChI=1S/C32H42N6O2/c39-31(40)20-27(26-18-29(37-14-2-1-3-15-37)21-30(19-26)38-16-5-13-34-38)23-36-17-11-24(22-36)7-9-28-10-8-25-6-4-12-33-32(25)35-28/h5,8,10,13,16,18-19,21,24,27H,1-4,6-7,9,11-12,14-15,17,20,22-23H2,(H,33,35)(H,39,40)/t24-,27?/m1/s1. The number of nitrogens with zero attached hydrogens (tertiary/aromatic N) is 5. The maximum absolute atomic E-state index is 12.0. The van der Waals surface area contributed by atoms with Crippen molar-refractivity contribution in [3.05, 3.63) is 65.6 Å². The number of hydrogen-bond acceptors (Lipinski definition) is 6. The number of hydrogen-bond donors (Lipinski definition) is 2. The van der Waals surface area contributed by atoms with E-state index in [2.05, 4.69) is 50.5 Å². The lowest BCUT2D eigenvalue weighted by Gasteiger charge is -2.31. The molecule has 3 aliphatic heterocycles. The van der Waals surface area contributed by atoms with Gasteiger partial charge in [-0.05, 0) is 105 Å². The van der Waals surface area contributed by atoms with Gasteiger partial charge in [-0.25, -0.2) is 9.67 Å². The lowest BCUT2D eigenvalue weighted by molar-refractivity contribution is -0.137. The first-order chi connectivity index (χ1) is 19.6. The molecule has 212 valence electrons. The van der Waals surface area contributed by atoms with E-state index >= 15 is 0 Å². The van der Waals surface area contributed by atoms with Crippen LogP contribution < -0.4 is 10.2 Å². The van der Waals surface area contributed by atoms with Gasteiger partial charge in [-0.1, -0.05) is 6.07 Å². The predicted molar refractivity (Wildman–Crippen MR) is 159 cm³/mol. The molecule has 3 aliphatic rings. The molecule has 0 aliphatic carbocycles. The number of carbonyl (C=O) groups is 1. The van der Waals surface area contributed by atoms with Crippen LogP contribution in [0.3, 0.4) is 0 Å². The molecular weight excluding hydrogens is 500 g/mol. The highest BCUT2D eigenvalue weighted by Gasteiger charge is 2.27. The smallest absolute Gasteiger partial charge is 0.304 e. The monoisotopic (exact) mass is 542 g/mol. The highest BCUT2D eigenvalue weighted by molar-refractivity contribution is 5.68. The molecule has 40 heavy (non-hydrogen) atoms. The molecule has 2 fully saturated rings. The van der Waals surface area contributed by atoms with Crippen LogP contribution >= 0.6 is 0 Å². The van der Waals surface area contributed by atoms with Gasteiger partial charge in [0.1, 0.15) is 5.82 Å². The van der Waals surface area contributed by atoms with Crippen molar-refractivity contribution in [3.63, 3.8) is 0 Å². The zero-order valence-corrected chi connectivity index (χ0v) is 23.5. The largest absolute Gasteiger partial charge is 0.481 e. The second-order valence-electron chi connectivity index (χ2n) is 11.9. The number of carboxylic acids is 1. The van der Waals surface area contributed by atoms with Crippen LogP contribution in [-0.2, 0) is 17.6 Å². The number of carboxylic acid groups (broad SMARTS) is 1. The van der Waals surface area contributed by atoms with Crippen LogP contribution in [0.5, 0.6) is 0 Å². The van der Waals surface area contributed by atoms with Gasteiger partial charge in [0.2, 0.25) is 0 Å². The van der Waals surface area contributed by atoms with Crippen LogP contribution in [0.1, 0.15) is 67.7 Å². The minimum atomic E-state index is -0.739. The molecule has 1 unspecified atom stereocenters. The van der Waals surface area contributed by atoms with E-state index in [1.54, 1.807) is 6.20 Å². The van der Waals surface area contributed by atoms with Crippen molar-refractivity contribution in [1.82, 2.24) is 19.7 Å². The van der Waals surface area contributed by atoms with Gasteiger partial charge in [0.15, 0.2) is 0 Å². The summed E-state index contributed by atoms with van der Waals surface area (Å²) in [6.07, 6.45) is 13.2. The summed E-state index contributed by atoms with van der Waals surface area (Å²) in [5, 5.41) is 17.8. The molecule has 6 rings (SSSR count). The minimum absolute atomic E-state index is 0.0660. The lowest BCUT2D eigenvalue weighted by atomic mass is 9.93. The number of fused-ring (bicyclic) bond motifs is 1. The molecule has 0 spiro atoms. The fourth-order valence-corrected chi connectivity index (χ4v) is 6.73. The Morgan fingerprint density at radius 3 is 2.77 bits per heavy atom. The summed E-state index contributed by atoms with van der Waals surface area (Å²) in [7, 11) is 0. The Labute approximate surface area is 237 Å². The van der Waals surface area contributed by atoms with E-state index in [4.69, 9.17) is 4.98 Å². The van der Waals surface area contributed by atoms with E-state index < -0.39 is 5.97 Å². The van der Waals surface area contributed by atoms with E-state index in [0.717, 1.165) is 82.0 Å². The van der Waals surface area contributed by atoms with Crippen molar-refractivity contribution in [3.8, 4) is 5.69 Å². The Morgan fingerprint density at radius 1 is 1.07 bits per heavy atom. The summed E-state index contributed by atoms with van der Waals surface area (Å²) < 4.78 is 1.89. The number of pyridine rings is 1. The number of anilines is 2. The molecule has 0 bridgehead atoms. The van der Waals surface area contributed by atoms with Crippen LogP contribution in [0, 0.1) is 5.92 Å². The van der Waals surface area contributed by atoms with Crippen LogP contribution in [0.15, 0.2) is 48.8 Å². The summed E-state index contributed by atoms with van der Waals surface area (Å²) in [4.78, 5) is 21.9. The van der Waals surface area contributed by atoms with E-state index in [1.807, 2.05) is 16.9 Å². The summed E-state index contributed by atoms with van der Waals surface area (Å²) in [5.74, 6) is 0.894. The number of likely N-dealkylation sites (tertiary alicyclic amines) is 1. The fourth-order valence-electron chi connectivity index (χ4n) is 6.73. The normalized spacial score (nSPS) is 20.2. The zero-order chi connectivity index (χ0) is 27.3. The molecule has 8 heteroatoms. The Morgan fingerprint density at radius 2 is 1.95 bits per heavy atom. The Hall–Kier alpha value is -3.39. The summed E-state index contributed by atoms with van der Waals surface area (Å²) in [5.41, 5.74) is 5.81. The van der Waals surface area contributed by atoms with Crippen molar-refractivity contribution in [2.45, 2.75) is 63.7 Å². The van der Waals surface area contributed by atoms with E-state index in [9.17, 15) is 9.90 Å². The van der Waals surface area contributed by atoms with Crippen molar-refractivity contribution in [2.75, 3.05) is 49.5 Å². The number of aryl methyl sites for hydroxylation is 2. The lowest BCUT2D eigenvalue weighted by Crippen LogP contribution is -2.30. The highest BCUT2D eigenvalue weighted by Crippen LogP contribution is 2.32. The summed E-state index contributed by atoms with van der Waals surface area (Å²) in [6, 6.07) is 13.0. The van der Waals surface area contributed by atoms with Gasteiger partial charge in [-0.2, -0.15) is 5.10 Å². The highest BCUT2D eigenvalue weighted by atomic mass is 16.4. The second kappa shape index (κ2) is 12.4. The topological polar surface area (TPSA) is 86.5 Å². The minimum Gasteiger partial charge on any atom is -0.481 e. The van der Waals surface area contributed by atoms with Crippen molar-refractivity contribution in [1.29, 1.82) is 0 Å². The third-order valence-electron chi connectivity index (χ3n) is 8.92. The number of benzene rings is 1. The van der Waals surface area contributed by atoms with E-state index in [0.29, 0.717) is 5.92 Å². The third-order valence-corrected chi connectivity index (χ3v) is 8.92. The SMILES string of the molecule is O=C(O)CC(CN1CC[C@@H](CCc2ccc3c(n2)NCCC3)C1)c1cc(N2CCCCC2)cc(-n2cccn2)c1. The average Bonchev–Trinajstić information content (AvgIpc) is 3.69. The molecule has 2 N–H and O–H groups in total.